The van der Waals surface area contributed by atoms with E-state index in [2.05, 4.69) is 42.2 Å². The number of alkyl carbamates (subject to hydrolysis) is 1. The molecule has 5 aromatic rings. The Morgan fingerprint density at radius 3 is 1.93 bits per heavy atom. The molecule has 1 aromatic heterocycles. The van der Waals surface area contributed by atoms with Crippen LogP contribution in [0.3, 0.4) is 0 Å². The van der Waals surface area contributed by atoms with Gasteiger partial charge in [-0.2, -0.15) is 0 Å². The number of unbranched alkanes of at least 4 members (excludes halogenated alkanes) is 1. The first-order valence-electron chi connectivity index (χ1n) is 23.6. The van der Waals surface area contributed by atoms with Crippen molar-refractivity contribution >= 4 is 52.5 Å². The minimum absolute atomic E-state index is 0.0295. The first-order chi connectivity index (χ1) is 34.3. The van der Waals surface area contributed by atoms with Gasteiger partial charge in [0.25, 0.3) is 0 Å². The van der Waals surface area contributed by atoms with E-state index in [1.807, 2.05) is 24.3 Å². The van der Waals surface area contributed by atoms with Gasteiger partial charge in [0.2, 0.25) is 29.5 Å². The Kier molecular flexibility index (Phi) is 19.4. The molecule has 14 N–H and O–H groups in total. The van der Waals surface area contributed by atoms with E-state index in [1.54, 1.807) is 79.0 Å². The standard InChI is InChI=1S/C51H62N10O10/c52-22-10-9-17-39(45(63)58-41(25-32-18-20-35(62)21-19-32)47(65)60-43(50(68)69)26-31-11-3-1-4-12-31)57-48(66)42(27-34-29-55-38-16-8-7-15-37(34)38)59-49(67)44(33-13-5-2-6-14-33)61-46(64)40-28-36(30-56-40)71-51(70)54-24-23-53/h1-8,11-16,18-21,29,36,39-44,55-56,62H,9-10,17,22-28,30,52-53H2,(H,54,70)(H,57,66)(H,58,63)(H,59,67)(H,60,65)(H,61,64)(H,68,69)/t36?,39-,40-,41-,42+,43-,44-/m0/s1. The highest BCUT2D eigenvalue weighted by atomic mass is 16.6. The summed E-state index contributed by atoms with van der Waals surface area (Å²) in [5, 5.41) is 40.2. The molecule has 6 amide bonds. The molecule has 4 aromatic carbocycles. The maximum Gasteiger partial charge on any atom is 0.407 e. The van der Waals surface area contributed by atoms with Crippen LogP contribution in [0.4, 0.5) is 4.79 Å². The SMILES string of the molecule is NCCCC[C@H](NC(=O)[C@@H](Cc1c[nH]c2ccccc12)NC(=O)[C@@H](NC(=O)[C@@H]1CC(OC(=O)NCCN)CN1)c1ccccc1)C(=O)N[C@@H](Cc1ccc(O)cc1)C(=O)N[C@@H](Cc1ccccc1)C(=O)O. The number of phenolic OH excluding ortho intramolecular Hbond substituents is 1. The van der Waals surface area contributed by atoms with E-state index >= 15 is 0 Å². The van der Waals surface area contributed by atoms with Crippen LogP contribution in [0.25, 0.3) is 10.9 Å². The average molecular weight is 975 g/mol. The maximum atomic E-state index is 14.7. The Balaban J connectivity index is 1.25. The number of aromatic nitrogens is 1. The minimum Gasteiger partial charge on any atom is -0.508 e. The van der Waals surface area contributed by atoms with Gasteiger partial charge in [0.1, 0.15) is 42.1 Å². The number of nitrogens with one attached hydrogen (secondary N) is 8. The largest absolute Gasteiger partial charge is 0.508 e. The molecule has 376 valence electrons. The second kappa shape index (κ2) is 26.2. The zero-order valence-corrected chi connectivity index (χ0v) is 39.1. The van der Waals surface area contributed by atoms with Gasteiger partial charge in [0, 0.05) is 62.4 Å². The van der Waals surface area contributed by atoms with Crippen molar-refractivity contribution in [3.8, 4) is 5.75 Å². The lowest BCUT2D eigenvalue weighted by Gasteiger charge is -2.27. The zero-order valence-electron chi connectivity index (χ0n) is 39.1. The normalized spacial score (nSPS) is 16.3. The number of carboxylic acid groups (broad SMARTS) is 1. The Labute approximate surface area is 410 Å². The highest BCUT2D eigenvalue weighted by Crippen LogP contribution is 2.22. The van der Waals surface area contributed by atoms with Gasteiger partial charge in [0.15, 0.2) is 0 Å². The summed E-state index contributed by atoms with van der Waals surface area (Å²) >= 11 is 0. The van der Waals surface area contributed by atoms with Crippen LogP contribution in [-0.2, 0) is 52.8 Å². The fraction of sp³-hybridized carbons (Fsp3) is 0.353. The maximum absolute atomic E-state index is 14.7. The van der Waals surface area contributed by atoms with E-state index in [1.165, 1.54) is 12.1 Å². The Hall–Kier alpha value is -7.81. The molecule has 0 radical (unpaired) electrons. The number of H-pyrrole nitrogens is 1. The third-order valence-corrected chi connectivity index (χ3v) is 12.0. The number of ether oxygens (including phenoxy) is 1. The summed E-state index contributed by atoms with van der Waals surface area (Å²) in [4.78, 5) is 99.5. The number of carboxylic acids is 1. The molecule has 1 saturated heterocycles. The lowest BCUT2D eigenvalue weighted by molar-refractivity contribution is -0.142. The average Bonchev–Trinajstić information content (AvgIpc) is 4.02. The van der Waals surface area contributed by atoms with Crippen molar-refractivity contribution in [3.05, 3.63) is 138 Å². The number of para-hydroxylation sites is 1. The van der Waals surface area contributed by atoms with Gasteiger partial charge >= 0.3 is 12.1 Å². The predicted octanol–water partition coefficient (Wildman–Crippen LogP) is 1.33. The Bertz CT molecular complexity index is 2580. The number of phenols is 1. The summed E-state index contributed by atoms with van der Waals surface area (Å²) in [5.41, 5.74) is 14.3. The van der Waals surface area contributed by atoms with Crippen molar-refractivity contribution in [1.82, 2.24) is 42.2 Å². The lowest BCUT2D eigenvalue weighted by atomic mass is 10.00. The first kappa shape index (κ1) is 52.6. The molecular weight excluding hydrogens is 913 g/mol. The molecule has 0 bridgehead atoms. The molecule has 20 heteroatoms. The summed E-state index contributed by atoms with van der Waals surface area (Å²) in [6.45, 7) is 0.902. The molecule has 1 aliphatic heterocycles. The third-order valence-electron chi connectivity index (χ3n) is 12.0. The number of aliphatic carboxylic acids is 1. The van der Waals surface area contributed by atoms with Crippen LogP contribution in [0.15, 0.2) is 115 Å². The van der Waals surface area contributed by atoms with Crippen molar-refractivity contribution in [2.45, 2.75) is 87.3 Å². The van der Waals surface area contributed by atoms with Gasteiger partial charge < -0.3 is 68.6 Å². The van der Waals surface area contributed by atoms with E-state index in [4.69, 9.17) is 16.2 Å². The van der Waals surface area contributed by atoms with E-state index in [0.29, 0.717) is 35.1 Å². The van der Waals surface area contributed by atoms with Crippen molar-refractivity contribution < 1.29 is 48.5 Å². The van der Waals surface area contributed by atoms with Gasteiger partial charge in [-0.3, -0.25) is 24.0 Å². The van der Waals surface area contributed by atoms with Crippen LogP contribution in [0.5, 0.6) is 5.75 Å². The number of nitrogens with two attached hydrogens (primary N) is 2. The molecular formula is C51H62N10O10. The number of aromatic hydroxyl groups is 1. The fourth-order valence-electron chi connectivity index (χ4n) is 8.24. The summed E-state index contributed by atoms with van der Waals surface area (Å²) in [7, 11) is 0. The number of hydrogen-bond donors (Lipinski definition) is 12. The summed E-state index contributed by atoms with van der Waals surface area (Å²) in [5.74, 6) is -4.94. The van der Waals surface area contributed by atoms with Crippen LogP contribution in [0.1, 0.15) is 54.0 Å². The number of hydrogen-bond acceptors (Lipinski definition) is 12. The molecule has 1 unspecified atom stereocenters. The van der Waals surface area contributed by atoms with Gasteiger partial charge in [-0.25, -0.2) is 9.59 Å². The molecule has 0 saturated carbocycles. The molecule has 0 aliphatic carbocycles. The van der Waals surface area contributed by atoms with Gasteiger partial charge in [-0.05, 0) is 66.3 Å². The molecule has 0 spiro atoms. The summed E-state index contributed by atoms with van der Waals surface area (Å²) < 4.78 is 5.42. The highest BCUT2D eigenvalue weighted by molar-refractivity contribution is 5.97. The van der Waals surface area contributed by atoms with Gasteiger partial charge in [0.05, 0.1) is 6.04 Å². The Morgan fingerprint density at radius 1 is 0.648 bits per heavy atom. The first-order valence-corrected chi connectivity index (χ1v) is 23.6. The van der Waals surface area contributed by atoms with Crippen LogP contribution in [0, 0.1) is 0 Å². The predicted molar refractivity (Wildman–Crippen MR) is 263 cm³/mol. The number of aromatic amines is 1. The lowest BCUT2D eigenvalue weighted by Crippen LogP contribution is -2.59. The van der Waals surface area contributed by atoms with E-state index in [-0.39, 0.29) is 64.0 Å². The second-order valence-electron chi connectivity index (χ2n) is 17.3. The zero-order chi connectivity index (χ0) is 50.7. The fourth-order valence-corrected chi connectivity index (χ4v) is 8.24. The molecule has 1 fully saturated rings. The molecule has 2 heterocycles. The van der Waals surface area contributed by atoms with Gasteiger partial charge in [-0.15, -0.1) is 0 Å². The number of amides is 6. The van der Waals surface area contributed by atoms with Crippen molar-refractivity contribution in [2.75, 3.05) is 26.2 Å². The van der Waals surface area contributed by atoms with E-state index in [0.717, 1.165) is 10.9 Å². The van der Waals surface area contributed by atoms with E-state index < -0.39 is 84.0 Å². The Morgan fingerprint density at radius 2 is 1.24 bits per heavy atom. The minimum atomic E-state index is -1.36. The van der Waals surface area contributed by atoms with Crippen molar-refractivity contribution in [3.63, 3.8) is 0 Å². The smallest absolute Gasteiger partial charge is 0.407 e. The number of benzene rings is 4. The number of rotatable bonds is 25. The second-order valence-corrected chi connectivity index (χ2v) is 17.3. The van der Waals surface area contributed by atoms with Crippen molar-refractivity contribution in [2.24, 2.45) is 11.5 Å². The highest BCUT2D eigenvalue weighted by Gasteiger charge is 2.37. The number of carbonyl (C=O) groups excluding carboxylic acids is 6. The van der Waals surface area contributed by atoms with Crippen LogP contribution in [0.2, 0.25) is 0 Å². The summed E-state index contributed by atoms with van der Waals surface area (Å²) in [6, 6.07) is 23.0. The van der Waals surface area contributed by atoms with Crippen molar-refractivity contribution in [1.29, 1.82) is 0 Å². The topological polar surface area (TPSA) is 321 Å². The molecule has 71 heavy (non-hydrogen) atoms. The van der Waals surface area contributed by atoms with Crippen LogP contribution < -0.4 is 48.7 Å². The van der Waals surface area contributed by atoms with Gasteiger partial charge in [-0.1, -0.05) is 91.0 Å². The summed E-state index contributed by atoms with van der Waals surface area (Å²) in [6.07, 6.45) is 1.24. The monoisotopic (exact) mass is 974 g/mol. The van der Waals surface area contributed by atoms with Crippen LogP contribution in [-0.4, -0.2) is 119 Å². The molecule has 7 atom stereocenters. The quantitative estimate of drug-likeness (QED) is 0.0368. The molecule has 6 rings (SSSR count). The number of carbonyl (C=O) groups is 7. The molecule has 20 nitrogen and oxygen atoms in total. The third kappa shape index (κ3) is 15.6. The molecule has 1 aliphatic rings. The number of fused-ring (bicyclic) bond motifs is 1. The van der Waals surface area contributed by atoms with E-state index in [9.17, 15) is 43.8 Å². The van der Waals surface area contributed by atoms with Crippen LogP contribution >= 0.6 is 0 Å².